The Bertz CT molecular complexity index is 541. The van der Waals surface area contributed by atoms with Gasteiger partial charge in [-0.1, -0.05) is 5.21 Å². The molecule has 0 bridgehead atoms. The number of anilines is 1. The Hall–Kier alpha value is -2.00. The van der Waals surface area contributed by atoms with Gasteiger partial charge in [-0.05, 0) is 10.3 Å². The summed E-state index contributed by atoms with van der Waals surface area (Å²) >= 11 is 0. The van der Waals surface area contributed by atoms with Crippen molar-refractivity contribution in [2.45, 2.75) is 6.54 Å². The average molecular weight is 266 g/mol. The first-order valence-electron chi connectivity index (χ1n) is 6.37. The van der Waals surface area contributed by atoms with Gasteiger partial charge < -0.3 is 15.5 Å². The molecule has 9 nitrogen and oxygen atoms in total. The van der Waals surface area contributed by atoms with E-state index in [1.54, 1.807) is 15.8 Å². The Morgan fingerprint density at radius 2 is 2.11 bits per heavy atom. The summed E-state index contributed by atoms with van der Waals surface area (Å²) in [5.74, 6) is 0.635. The summed E-state index contributed by atoms with van der Waals surface area (Å²) < 4.78 is 6.21. The van der Waals surface area contributed by atoms with E-state index < -0.39 is 0 Å². The lowest BCUT2D eigenvalue weighted by Crippen LogP contribution is -3.26. The van der Waals surface area contributed by atoms with Crippen molar-refractivity contribution >= 4 is 5.82 Å². The summed E-state index contributed by atoms with van der Waals surface area (Å²) in [5, 5.41) is 15.3. The van der Waals surface area contributed by atoms with Gasteiger partial charge in [0.2, 0.25) is 11.6 Å². The molecular formula is C10H18N8O+2. The molecule has 0 radical (unpaired) electrons. The van der Waals surface area contributed by atoms with E-state index in [4.69, 9.17) is 5.73 Å². The van der Waals surface area contributed by atoms with E-state index >= 15 is 0 Å². The quantitative estimate of drug-likeness (QED) is 0.525. The number of hydrogen-bond acceptors (Lipinski definition) is 6. The van der Waals surface area contributed by atoms with Crippen molar-refractivity contribution in [2.24, 2.45) is 0 Å². The van der Waals surface area contributed by atoms with Gasteiger partial charge in [-0.25, -0.2) is 4.63 Å². The topological polar surface area (TPSA) is 105 Å². The van der Waals surface area contributed by atoms with Crippen LogP contribution in [0.25, 0.3) is 5.82 Å². The third-order valence-electron chi connectivity index (χ3n) is 3.56. The van der Waals surface area contributed by atoms with E-state index in [0.29, 0.717) is 5.82 Å². The van der Waals surface area contributed by atoms with Crippen molar-refractivity contribution in [1.29, 1.82) is 0 Å². The fraction of sp³-hybridized carbons (Fsp3) is 0.600. The highest BCUT2D eigenvalue weighted by Crippen LogP contribution is 2.11. The molecule has 0 atom stereocenters. The second kappa shape index (κ2) is 4.94. The fourth-order valence-electron chi connectivity index (χ4n) is 2.36. The minimum atomic E-state index is 0.226. The number of aromatic nitrogens is 5. The molecule has 1 fully saturated rings. The van der Waals surface area contributed by atoms with Crippen molar-refractivity contribution < 1.29 is 14.4 Å². The molecule has 0 unspecified atom stereocenters. The first-order chi connectivity index (χ1) is 9.24. The molecular weight excluding hydrogens is 248 g/mol. The van der Waals surface area contributed by atoms with Gasteiger partial charge in [0.1, 0.15) is 38.4 Å². The van der Waals surface area contributed by atoms with Gasteiger partial charge >= 0.3 is 0 Å². The van der Waals surface area contributed by atoms with Crippen LogP contribution in [0.2, 0.25) is 0 Å². The molecule has 1 aliphatic rings. The Balaban J connectivity index is 1.76. The molecule has 3 heterocycles. The SMILES string of the molecule is C[NH+]1CC[NH+](Cc2cnnn2-c2nonc2N)CC1. The summed E-state index contributed by atoms with van der Waals surface area (Å²) in [6.07, 6.45) is 1.74. The Morgan fingerprint density at radius 1 is 1.32 bits per heavy atom. The van der Waals surface area contributed by atoms with E-state index in [1.807, 2.05) is 0 Å². The van der Waals surface area contributed by atoms with Crippen LogP contribution in [0.4, 0.5) is 5.82 Å². The molecule has 3 rings (SSSR count). The van der Waals surface area contributed by atoms with Gasteiger partial charge in [0.25, 0.3) is 0 Å². The monoisotopic (exact) mass is 266 g/mol. The zero-order chi connectivity index (χ0) is 13.2. The van der Waals surface area contributed by atoms with E-state index in [-0.39, 0.29) is 5.82 Å². The van der Waals surface area contributed by atoms with Crippen molar-refractivity contribution in [3.05, 3.63) is 11.9 Å². The number of hydrogen-bond donors (Lipinski definition) is 3. The molecule has 2 aromatic rings. The van der Waals surface area contributed by atoms with Crippen LogP contribution in [-0.4, -0.2) is 58.5 Å². The first kappa shape index (κ1) is 12.1. The number of quaternary nitrogens is 2. The summed E-state index contributed by atoms with van der Waals surface area (Å²) in [7, 11) is 2.23. The standard InChI is InChI=1S/C10H16N8O/c1-16-2-4-17(5-3-16)7-8-6-12-15-18(8)10-9(11)13-19-14-10/h6H,2-5,7H2,1H3,(H2,11,13)/p+2. The van der Waals surface area contributed by atoms with Gasteiger partial charge in [0, 0.05) is 0 Å². The lowest BCUT2D eigenvalue weighted by atomic mass is 10.3. The van der Waals surface area contributed by atoms with E-state index in [2.05, 4.69) is 32.3 Å². The van der Waals surface area contributed by atoms with Gasteiger partial charge in [-0.15, -0.1) is 5.10 Å². The largest absolute Gasteiger partial charge is 0.378 e. The number of nitrogens with zero attached hydrogens (tertiary/aromatic N) is 5. The number of likely N-dealkylation sites (N-methyl/N-ethyl adjacent to an activating group) is 1. The maximum absolute atomic E-state index is 5.69. The molecule has 0 aromatic carbocycles. The van der Waals surface area contributed by atoms with Crippen molar-refractivity contribution in [3.63, 3.8) is 0 Å². The molecule has 0 aliphatic carbocycles. The molecule has 102 valence electrons. The van der Waals surface area contributed by atoms with Crippen LogP contribution in [0, 0.1) is 0 Å². The molecule has 1 saturated heterocycles. The summed E-state index contributed by atoms with van der Waals surface area (Å²) in [6, 6.07) is 0. The predicted molar refractivity (Wildman–Crippen MR) is 64.6 cm³/mol. The highest BCUT2D eigenvalue weighted by atomic mass is 16.6. The molecule has 4 N–H and O–H groups in total. The fourth-order valence-corrected chi connectivity index (χ4v) is 2.36. The molecule has 9 heteroatoms. The van der Waals surface area contributed by atoms with Crippen molar-refractivity contribution in [2.75, 3.05) is 39.0 Å². The lowest BCUT2D eigenvalue weighted by Gasteiger charge is -2.27. The van der Waals surface area contributed by atoms with E-state index in [0.717, 1.165) is 25.3 Å². The van der Waals surface area contributed by atoms with Crippen molar-refractivity contribution in [1.82, 2.24) is 25.3 Å². The minimum Gasteiger partial charge on any atom is -0.378 e. The molecule has 2 aromatic heterocycles. The predicted octanol–water partition coefficient (Wildman–Crippen LogP) is -3.85. The maximum Gasteiger partial charge on any atom is 0.243 e. The van der Waals surface area contributed by atoms with E-state index in [9.17, 15) is 0 Å². The van der Waals surface area contributed by atoms with Crippen LogP contribution in [0.1, 0.15) is 5.69 Å². The van der Waals surface area contributed by atoms with Crippen LogP contribution in [0.5, 0.6) is 0 Å². The number of nitrogens with one attached hydrogen (secondary N) is 2. The molecule has 0 spiro atoms. The number of nitrogen functional groups attached to an aromatic ring is 1. The average Bonchev–Trinajstić information content (AvgIpc) is 3.01. The minimum absolute atomic E-state index is 0.226. The molecule has 19 heavy (non-hydrogen) atoms. The zero-order valence-corrected chi connectivity index (χ0v) is 10.8. The number of nitrogens with two attached hydrogens (primary N) is 1. The molecule has 0 saturated carbocycles. The second-order valence-electron chi connectivity index (χ2n) is 4.99. The summed E-state index contributed by atoms with van der Waals surface area (Å²) in [4.78, 5) is 3.10. The second-order valence-corrected chi connectivity index (χ2v) is 4.99. The lowest BCUT2D eigenvalue weighted by molar-refractivity contribution is -1.01. The maximum atomic E-state index is 5.69. The number of rotatable bonds is 3. The molecule has 0 amide bonds. The smallest absolute Gasteiger partial charge is 0.243 e. The van der Waals surface area contributed by atoms with Crippen molar-refractivity contribution in [3.8, 4) is 5.82 Å². The van der Waals surface area contributed by atoms with Gasteiger partial charge in [-0.3, -0.25) is 0 Å². The number of piperazine rings is 1. The Kier molecular flexibility index (Phi) is 3.13. The van der Waals surface area contributed by atoms with Gasteiger partial charge in [0.15, 0.2) is 0 Å². The third-order valence-corrected chi connectivity index (χ3v) is 3.56. The first-order valence-corrected chi connectivity index (χ1v) is 6.37. The highest BCUT2D eigenvalue weighted by molar-refractivity contribution is 5.44. The van der Waals surface area contributed by atoms with Crippen LogP contribution < -0.4 is 15.5 Å². The molecule has 1 aliphatic heterocycles. The van der Waals surface area contributed by atoms with Gasteiger partial charge in [-0.2, -0.15) is 4.68 Å². The zero-order valence-electron chi connectivity index (χ0n) is 10.8. The summed E-state index contributed by atoms with van der Waals surface area (Å²) in [6.45, 7) is 5.51. The normalized spacial score (nSPS) is 23.6. The van der Waals surface area contributed by atoms with Crippen LogP contribution in [-0.2, 0) is 6.54 Å². The van der Waals surface area contributed by atoms with Crippen LogP contribution in [0.3, 0.4) is 0 Å². The Morgan fingerprint density at radius 3 is 2.79 bits per heavy atom. The summed E-state index contributed by atoms with van der Waals surface area (Å²) in [5.41, 5.74) is 6.66. The Labute approximate surface area is 109 Å². The van der Waals surface area contributed by atoms with Crippen LogP contribution in [0.15, 0.2) is 10.8 Å². The van der Waals surface area contributed by atoms with E-state index in [1.165, 1.54) is 18.0 Å². The van der Waals surface area contributed by atoms with Crippen LogP contribution >= 0.6 is 0 Å². The van der Waals surface area contributed by atoms with Gasteiger partial charge in [0.05, 0.1) is 13.2 Å². The third kappa shape index (κ3) is 2.42. The highest BCUT2D eigenvalue weighted by Gasteiger charge is 2.23.